The van der Waals surface area contributed by atoms with Crippen molar-refractivity contribution in [3.05, 3.63) is 48.7 Å². The molecule has 0 unspecified atom stereocenters. The molecule has 2 aromatic rings. The van der Waals surface area contributed by atoms with Gasteiger partial charge < -0.3 is 14.6 Å². The summed E-state index contributed by atoms with van der Waals surface area (Å²) in [6.45, 7) is 0.355. The minimum atomic E-state index is -0.650. The van der Waals surface area contributed by atoms with Crippen LogP contribution in [0.4, 0.5) is 0 Å². The van der Waals surface area contributed by atoms with Gasteiger partial charge in [-0.3, -0.25) is 0 Å². The number of hydrogen-bond donors (Lipinski definition) is 1. The molecule has 0 radical (unpaired) electrons. The first-order valence-corrected chi connectivity index (χ1v) is 7.28. The third-order valence-corrected chi connectivity index (χ3v) is 3.73. The molecule has 21 heavy (non-hydrogen) atoms. The number of benzene rings is 1. The smallest absolute Gasteiger partial charge is 0.219 e. The molecule has 0 saturated heterocycles. The SMILES string of the molecule is OC1(COc2ccc(Oc3ccccn3)cc2)CCCC1. The Morgan fingerprint density at radius 1 is 1.00 bits per heavy atom. The summed E-state index contributed by atoms with van der Waals surface area (Å²) in [5.41, 5.74) is -0.650. The van der Waals surface area contributed by atoms with Gasteiger partial charge in [-0.2, -0.15) is 0 Å². The predicted molar refractivity (Wildman–Crippen MR) is 79.7 cm³/mol. The van der Waals surface area contributed by atoms with Gasteiger partial charge in [-0.1, -0.05) is 18.9 Å². The Kier molecular flexibility index (Phi) is 4.06. The van der Waals surface area contributed by atoms with Crippen LogP contribution in [0.2, 0.25) is 0 Å². The van der Waals surface area contributed by atoms with E-state index in [1.807, 2.05) is 36.4 Å². The van der Waals surface area contributed by atoms with Crippen molar-refractivity contribution in [2.75, 3.05) is 6.61 Å². The fourth-order valence-corrected chi connectivity index (χ4v) is 2.53. The lowest BCUT2D eigenvalue weighted by atomic mass is 10.0. The highest BCUT2D eigenvalue weighted by Crippen LogP contribution is 2.30. The Morgan fingerprint density at radius 3 is 2.38 bits per heavy atom. The number of pyridine rings is 1. The van der Waals surface area contributed by atoms with Crippen LogP contribution in [0.15, 0.2) is 48.7 Å². The van der Waals surface area contributed by atoms with Crippen LogP contribution in [0.5, 0.6) is 17.4 Å². The number of rotatable bonds is 5. The normalized spacial score (nSPS) is 16.6. The molecule has 0 bridgehead atoms. The minimum Gasteiger partial charge on any atom is -0.491 e. The van der Waals surface area contributed by atoms with E-state index < -0.39 is 5.60 Å². The summed E-state index contributed by atoms with van der Waals surface area (Å²) in [5.74, 6) is 2.01. The van der Waals surface area contributed by atoms with Gasteiger partial charge in [0, 0.05) is 12.3 Å². The summed E-state index contributed by atoms with van der Waals surface area (Å²) in [6, 6.07) is 12.9. The van der Waals surface area contributed by atoms with Crippen molar-refractivity contribution < 1.29 is 14.6 Å². The number of hydrogen-bond acceptors (Lipinski definition) is 4. The van der Waals surface area contributed by atoms with Gasteiger partial charge in [-0.05, 0) is 43.2 Å². The van der Waals surface area contributed by atoms with Gasteiger partial charge in [0.2, 0.25) is 5.88 Å². The van der Waals surface area contributed by atoms with E-state index in [1.165, 1.54) is 0 Å². The molecule has 4 nitrogen and oxygen atoms in total. The molecule has 1 aromatic carbocycles. The highest BCUT2D eigenvalue weighted by molar-refractivity contribution is 5.33. The molecule has 0 spiro atoms. The van der Waals surface area contributed by atoms with Crippen molar-refractivity contribution in [3.63, 3.8) is 0 Å². The van der Waals surface area contributed by atoms with Crippen molar-refractivity contribution >= 4 is 0 Å². The molecular formula is C17H19NO3. The predicted octanol–water partition coefficient (Wildman–Crippen LogP) is 3.56. The van der Waals surface area contributed by atoms with E-state index in [0.29, 0.717) is 18.2 Å². The second-order valence-electron chi connectivity index (χ2n) is 5.46. The first-order chi connectivity index (χ1) is 10.2. The summed E-state index contributed by atoms with van der Waals surface area (Å²) in [5, 5.41) is 10.2. The van der Waals surface area contributed by atoms with Crippen LogP contribution in [-0.4, -0.2) is 22.3 Å². The zero-order valence-corrected chi connectivity index (χ0v) is 11.9. The van der Waals surface area contributed by atoms with Gasteiger partial charge in [-0.25, -0.2) is 4.98 Å². The van der Waals surface area contributed by atoms with Gasteiger partial charge in [0.05, 0.1) is 5.60 Å². The molecule has 1 aliphatic carbocycles. The van der Waals surface area contributed by atoms with Crippen LogP contribution in [0.3, 0.4) is 0 Å². The summed E-state index contributed by atoms with van der Waals surface area (Å²) in [4.78, 5) is 4.11. The van der Waals surface area contributed by atoms with E-state index in [-0.39, 0.29) is 0 Å². The van der Waals surface area contributed by atoms with Crippen LogP contribution >= 0.6 is 0 Å². The molecule has 1 saturated carbocycles. The lowest BCUT2D eigenvalue weighted by molar-refractivity contribution is 0.00140. The number of ether oxygens (including phenoxy) is 2. The van der Waals surface area contributed by atoms with Gasteiger partial charge in [-0.15, -0.1) is 0 Å². The summed E-state index contributed by atoms with van der Waals surface area (Å²) < 4.78 is 11.3. The largest absolute Gasteiger partial charge is 0.491 e. The second-order valence-corrected chi connectivity index (χ2v) is 5.46. The molecule has 0 amide bonds. The monoisotopic (exact) mass is 285 g/mol. The number of aromatic nitrogens is 1. The van der Waals surface area contributed by atoms with E-state index >= 15 is 0 Å². The average Bonchev–Trinajstić information content (AvgIpc) is 2.95. The van der Waals surface area contributed by atoms with Gasteiger partial charge in [0.1, 0.15) is 18.1 Å². The van der Waals surface area contributed by atoms with E-state index in [0.717, 1.165) is 31.4 Å². The van der Waals surface area contributed by atoms with Gasteiger partial charge in [0.15, 0.2) is 0 Å². The molecule has 1 N–H and O–H groups in total. The van der Waals surface area contributed by atoms with Crippen LogP contribution in [0.1, 0.15) is 25.7 Å². The maximum atomic E-state index is 10.2. The first-order valence-electron chi connectivity index (χ1n) is 7.28. The van der Waals surface area contributed by atoms with E-state index in [9.17, 15) is 5.11 Å². The van der Waals surface area contributed by atoms with Crippen molar-refractivity contribution in [1.29, 1.82) is 0 Å². The molecule has 1 heterocycles. The Balaban J connectivity index is 1.56. The van der Waals surface area contributed by atoms with Gasteiger partial charge >= 0.3 is 0 Å². The fourth-order valence-electron chi connectivity index (χ4n) is 2.53. The zero-order valence-electron chi connectivity index (χ0n) is 11.9. The Hall–Kier alpha value is -2.07. The van der Waals surface area contributed by atoms with E-state index in [1.54, 1.807) is 12.3 Å². The second kappa shape index (κ2) is 6.14. The van der Waals surface area contributed by atoms with Crippen LogP contribution in [-0.2, 0) is 0 Å². The molecule has 4 heteroatoms. The molecule has 1 fully saturated rings. The maximum absolute atomic E-state index is 10.2. The van der Waals surface area contributed by atoms with Crippen molar-refractivity contribution in [1.82, 2.24) is 4.98 Å². The minimum absolute atomic E-state index is 0.355. The van der Waals surface area contributed by atoms with Crippen molar-refractivity contribution in [3.8, 4) is 17.4 Å². The summed E-state index contributed by atoms with van der Waals surface area (Å²) in [7, 11) is 0. The lowest BCUT2D eigenvalue weighted by Crippen LogP contribution is -2.32. The third kappa shape index (κ3) is 3.73. The Morgan fingerprint density at radius 2 is 1.71 bits per heavy atom. The highest BCUT2D eigenvalue weighted by Gasteiger charge is 2.31. The Labute approximate surface area is 124 Å². The highest BCUT2D eigenvalue weighted by atomic mass is 16.5. The van der Waals surface area contributed by atoms with E-state index in [2.05, 4.69) is 4.98 Å². The lowest BCUT2D eigenvalue weighted by Gasteiger charge is -2.22. The third-order valence-electron chi connectivity index (χ3n) is 3.73. The van der Waals surface area contributed by atoms with Crippen molar-refractivity contribution in [2.45, 2.75) is 31.3 Å². The van der Waals surface area contributed by atoms with E-state index in [4.69, 9.17) is 9.47 Å². The molecule has 110 valence electrons. The van der Waals surface area contributed by atoms with Crippen LogP contribution in [0.25, 0.3) is 0 Å². The molecule has 0 aliphatic heterocycles. The number of nitrogens with zero attached hydrogens (tertiary/aromatic N) is 1. The summed E-state index contributed by atoms with van der Waals surface area (Å²) in [6.07, 6.45) is 5.50. The number of aliphatic hydroxyl groups is 1. The van der Waals surface area contributed by atoms with Crippen LogP contribution in [0, 0.1) is 0 Å². The van der Waals surface area contributed by atoms with Gasteiger partial charge in [0.25, 0.3) is 0 Å². The molecule has 1 aliphatic rings. The summed E-state index contributed by atoms with van der Waals surface area (Å²) >= 11 is 0. The quantitative estimate of drug-likeness (QED) is 0.912. The molecule has 1 aromatic heterocycles. The fraction of sp³-hybridized carbons (Fsp3) is 0.353. The maximum Gasteiger partial charge on any atom is 0.219 e. The standard InChI is InChI=1S/C17H19NO3/c19-17(10-2-3-11-17)13-20-14-6-8-15(9-7-14)21-16-5-1-4-12-18-16/h1,4-9,12,19H,2-3,10-11,13H2. The van der Waals surface area contributed by atoms with Crippen molar-refractivity contribution in [2.24, 2.45) is 0 Å². The zero-order chi connectivity index (χ0) is 14.5. The molecule has 0 atom stereocenters. The molecule has 3 rings (SSSR count). The average molecular weight is 285 g/mol. The first kappa shape index (κ1) is 13.9. The topological polar surface area (TPSA) is 51.6 Å². The Bertz CT molecular complexity index is 562. The molecular weight excluding hydrogens is 266 g/mol. The van der Waals surface area contributed by atoms with Crippen LogP contribution < -0.4 is 9.47 Å².